The molecule has 0 aromatic heterocycles. The van der Waals surface area contributed by atoms with Gasteiger partial charge in [0.05, 0.1) is 12.4 Å². The van der Waals surface area contributed by atoms with E-state index >= 15 is 0 Å². The third-order valence-electron chi connectivity index (χ3n) is 2.96. The fourth-order valence-corrected chi connectivity index (χ4v) is 2.87. The van der Waals surface area contributed by atoms with E-state index < -0.39 is 0 Å². The Labute approximate surface area is 140 Å². The maximum absolute atomic E-state index is 12.0. The number of nitrogens with one attached hydrogen (secondary N) is 1. The minimum absolute atomic E-state index is 0.142. The molecule has 0 bridgehead atoms. The van der Waals surface area contributed by atoms with Gasteiger partial charge < -0.3 is 10.1 Å². The number of thioether (sulfide) groups is 1. The third kappa shape index (κ3) is 6.28. The van der Waals surface area contributed by atoms with E-state index in [1.54, 1.807) is 18.2 Å². The van der Waals surface area contributed by atoms with Crippen LogP contribution in [0.2, 0.25) is 5.02 Å². The van der Waals surface area contributed by atoms with Crippen molar-refractivity contribution in [2.75, 3.05) is 17.7 Å². The molecule has 6 heteroatoms. The molecule has 1 aromatic carbocycles. The number of esters is 1. The summed E-state index contributed by atoms with van der Waals surface area (Å²) in [4.78, 5) is 23.8. The van der Waals surface area contributed by atoms with Crippen LogP contribution in [0.15, 0.2) is 18.2 Å². The first-order valence-corrected chi connectivity index (χ1v) is 8.74. The van der Waals surface area contributed by atoms with E-state index in [2.05, 4.69) is 5.32 Å². The summed E-state index contributed by atoms with van der Waals surface area (Å²) in [5.74, 6) is -0.177. The van der Waals surface area contributed by atoms with Crippen LogP contribution in [0.1, 0.15) is 32.3 Å². The number of benzene rings is 1. The standard InChI is InChI=1S/C16H22ClNO3S/c1-4-8-21-16(20)14(5-2)22-10-15(19)18-13-7-6-12(17)9-11(13)3/h6-7,9,14H,4-5,8,10H2,1-3H3,(H,18,19). The highest BCUT2D eigenvalue weighted by Crippen LogP contribution is 2.21. The van der Waals surface area contributed by atoms with E-state index in [-0.39, 0.29) is 22.9 Å². The lowest BCUT2D eigenvalue weighted by Crippen LogP contribution is -2.23. The highest BCUT2D eigenvalue weighted by atomic mass is 35.5. The minimum atomic E-state index is -0.302. The zero-order valence-corrected chi connectivity index (χ0v) is 14.7. The van der Waals surface area contributed by atoms with Crippen molar-refractivity contribution in [1.82, 2.24) is 0 Å². The van der Waals surface area contributed by atoms with E-state index in [4.69, 9.17) is 16.3 Å². The fourth-order valence-electron chi connectivity index (χ4n) is 1.78. The maximum atomic E-state index is 12.0. The Kier molecular flexibility index (Phi) is 8.35. The monoisotopic (exact) mass is 343 g/mol. The number of carbonyl (C=O) groups is 2. The molecule has 0 saturated heterocycles. The predicted octanol–water partition coefficient (Wildman–Crippen LogP) is 4.05. The van der Waals surface area contributed by atoms with Gasteiger partial charge in [0, 0.05) is 10.7 Å². The van der Waals surface area contributed by atoms with Crippen LogP contribution in [-0.2, 0) is 14.3 Å². The van der Waals surface area contributed by atoms with Gasteiger partial charge >= 0.3 is 5.97 Å². The van der Waals surface area contributed by atoms with Crippen molar-refractivity contribution in [2.45, 2.75) is 38.9 Å². The Bertz CT molecular complexity index is 522. The van der Waals surface area contributed by atoms with Crippen molar-refractivity contribution >= 4 is 40.9 Å². The number of hydrogen-bond donors (Lipinski definition) is 1. The molecule has 4 nitrogen and oxygen atoms in total. The number of rotatable bonds is 8. The molecule has 1 atom stereocenters. The summed E-state index contributed by atoms with van der Waals surface area (Å²) >= 11 is 7.19. The minimum Gasteiger partial charge on any atom is -0.465 e. The number of carbonyl (C=O) groups excluding carboxylic acids is 2. The zero-order valence-electron chi connectivity index (χ0n) is 13.1. The Hall–Kier alpha value is -1.20. The largest absolute Gasteiger partial charge is 0.465 e. The number of hydrogen-bond acceptors (Lipinski definition) is 4. The van der Waals surface area contributed by atoms with Crippen LogP contribution in [-0.4, -0.2) is 29.5 Å². The van der Waals surface area contributed by atoms with Crippen molar-refractivity contribution in [3.63, 3.8) is 0 Å². The lowest BCUT2D eigenvalue weighted by Gasteiger charge is -2.14. The number of aryl methyl sites for hydroxylation is 1. The molecule has 1 unspecified atom stereocenters. The summed E-state index contributed by atoms with van der Waals surface area (Å²) in [6.07, 6.45) is 1.43. The molecular weight excluding hydrogens is 322 g/mol. The van der Waals surface area contributed by atoms with Crippen molar-refractivity contribution in [1.29, 1.82) is 0 Å². The highest BCUT2D eigenvalue weighted by Gasteiger charge is 2.19. The Morgan fingerprint density at radius 2 is 2.09 bits per heavy atom. The van der Waals surface area contributed by atoms with Crippen LogP contribution in [0, 0.1) is 6.92 Å². The molecule has 1 N–H and O–H groups in total. The number of ether oxygens (including phenoxy) is 1. The molecule has 0 aliphatic rings. The van der Waals surface area contributed by atoms with E-state index in [0.29, 0.717) is 18.1 Å². The quantitative estimate of drug-likeness (QED) is 0.723. The van der Waals surface area contributed by atoms with Crippen molar-refractivity contribution in [2.24, 2.45) is 0 Å². The molecule has 1 aromatic rings. The van der Waals surface area contributed by atoms with E-state index in [9.17, 15) is 9.59 Å². The van der Waals surface area contributed by atoms with Gasteiger partial charge in [-0.05, 0) is 43.5 Å². The molecule has 122 valence electrons. The van der Waals surface area contributed by atoms with E-state index in [0.717, 1.165) is 17.7 Å². The van der Waals surface area contributed by atoms with Crippen LogP contribution < -0.4 is 5.32 Å². The van der Waals surface area contributed by atoms with Gasteiger partial charge in [-0.15, -0.1) is 11.8 Å². The first-order valence-electron chi connectivity index (χ1n) is 7.32. The van der Waals surface area contributed by atoms with Gasteiger partial charge in [-0.3, -0.25) is 9.59 Å². The van der Waals surface area contributed by atoms with Gasteiger partial charge in [0.2, 0.25) is 5.91 Å². The van der Waals surface area contributed by atoms with E-state index in [1.165, 1.54) is 11.8 Å². The SMILES string of the molecule is CCCOC(=O)C(CC)SCC(=O)Nc1ccc(Cl)cc1C. The molecule has 0 heterocycles. The second-order valence-electron chi connectivity index (χ2n) is 4.88. The van der Waals surface area contributed by atoms with Crippen molar-refractivity contribution in [3.05, 3.63) is 28.8 Å². The first kappa shape index (κ1) is 18.8. The molecule has 1 rings (SSSR count). The van der Waals surface area contributed by atoms with Crippen LogP contribution in [0.5, 0.6) is 0 Å². The van der Waals surface area contributed by atoms with Gasteiger partial charge in [0.25, 0.3) is 0 Å². The molecule has 0 saturated carbocycles. The molecule has 1 amide bonds. The summed E-state index contributed by atoms with van der Waals surface area (Å²) in [5.41, 5.74) is 1.64. The Balaban J connectivity index is 2.48. The normalized spacial score (nSPS) is 11.8. The van der Waals surface area contributed by atoms with Crippen molar-refractivity contribution < 1.29 is 14.3 Å². The van der Waals surface area contributed by atoms with Crippen molar-refractivity contribution in [3.8, 4) is 0 Å². The Morgan fingerprint density at radius 1 is 1.36 bits per heavy atom. The van der Waals surface area contributed by atoms with Crippen LogP contribution in [0.25, 0.3) is 0 Å². The third-order valence-corrected chi connectivity index (χ3v) is 4.55. The van der Waals surface area contributed by atoms with Crippen LogP contribution >= 0.6 is 23.4 Å². The molecule has 0 aliphatic heterocycles. The van der Waals surface area contributed by atoms with Gasteiger partial charge in [-0.1, -0.05) is 25.4 Å². The van der Waals surface area contributed by atoms with Gasteiger partial charge in [-0.25, -0.2) is 0 Å². The molecule has 0 fully saturated rings. The molecule has 22 heavy (non-hydrogen) atoms. The number of halogens is 1. The fraction of sp³-hybridized carbons (Fsp3) is 0.500. The highest BCUT2D eigenvalue weighted by molar-refractivity contribution is 8.01. The van der Waals surface area contributed by atoms with Crippen LogP contribution in [0.3, 0.4) is 0 Å². The second kappa shape index (κ2) is 9.74. The summed E-state index contributed by atoms with van der Waals surface area (Å²) in [7, 11) is 0. The zero-order chi connectivity index (χ0) is 16.5. The van der Waals surface area contributed by atoms with Gasteiger partial charge in [0.15, 0.2) is 0 Å². The average molecular weight is 344 g/mol. The predicted molar refractivity (Wildman–Crippen MR) is 92.6 cm³/mol. The molecule has 0 spiro atoms. The molecule has 0 aliphatic carbocycles. The summed E-state index contributed by atoms with van der Waals surface area (Å²) in [5, 5.41) is 3.16. The summed E-state index contributed by atoms with van der Waals surface area (Å²) < 4.78 is 5.12. The van der Waals surface area contributed by atoms with Gasteiger partial charge in [-0.2, -0.15) is 0 Å². The topological polar surface area (TPSA) is 55.4 Å². The Morgan fingerprint density at radius 3 is 2.68 bits per heavy atom. The lowest BCUT2D eigenvalue weighted by atomic mass is 10.2. The number of anilines is 1. The molecular formula is C16H22ClNO3S. The second-order valence-corrected chi connectivity index (χ2v) is 6.51. The summed E-state index contributed by atoms with van der Waals surface area (Å²) in [6, 6.07) is 5.29. The maximum Gasteiger partial charge on any atom is 0.319 e. The van der Waals surface area contributed by atoms with E-state index in [1.807, 2.05) is 20.8 Å². The summed E-state index contributed by atoms with van der Waals surface area (Å²) in [6.45, 7) is 6.16. The van der Waals surface area contributed by atoms with Crippen LogP contribution in [0.4, 0.5) is 5.69 Å². The van der Waals surface area contributed by atoms with Gasteiger partial charge in [0.1, 0.15) is 5.25 Å². The average Bonchev–Trinajstić information content (AvgIpc) is 2.48. The first-order chi connectivity index (χ1) is 10.5. The number of amides is 1. The smallest absolute Gasteiger partial charge is 0.319 e. The lowest BCUT2D eigenvalue weighted by molar-refractivity contribution is -0.143. The molecule has 0 radical (unpaired) electrons.